The van der Waals surface area contributed by atoms with E-state index in [4.69, 9.17) is 11.6 Å². The fourth-order valence-corrected chi connectivity index (χ4v) is 2.98. The molecule has 126 valence electrons. The summed E-state index contributed by atoms with van der Waals surface area (Å²) < 4.78 is 1.71. The van der Waals surface area contributed by atoms with Crippen LogP contribution in [-0.4, -0.2) is 9.78 Å². The zero-order chi connectivity index (χ0) is 17.9. The molecule has 1 heterocycles. The average Bonchev–Trinajstić information content (AvgIpc) is 2.93. The van der Waals surface area contributed by atoms with Gasteiger partial charge in [0.15, 0.2) is 0 Å². The van der Waals surface area contributed by atoms with E-state index in [1.807, 2.05) is 78.9 Å². The lowest BCUT2D eigenvalue weighted by atomic mass is 10.2. The number of benzene rings is 2. The Morgan fingerprint density at radius 1 is 0.808 bits per heavy atom. The summed E-state index contributed by atoms with van der Waals surface area (Å²) in [5, 5.41) is 6.20. The Bertz CT molecular complexity index is 1150. The zero-order valence-corrected chi connectivity index (χ0v) is 14.6. The number of hydrogen-bond acceptors (Lipinski definition) is 2. The molecule has 0 N–H and O–H groups in total. The van der Waals surface area contributed by atoms with Crippen LogP contribution in [0.1, 0.15) is 11.3 Å². The van der Waals surface area contributed by atoms with Crippen molar-refractivity contribution in [2.45, 2.75) is 0 Å². The first-order valence-electron chi connectivity index (χ1n) is 8.23. The maximum Gasteiger partial charge on any atom is 0.204 e. The van der Waals surface area contributed by atoms with Gasteiger partial charge in [-0.25, -0.2) is 4.68 Å². The summed E-state index contributed by atoms with van der Waals surface area (Å²) in [5.41, 5.74) is 3.11. The molecule has 0 saturated carbocycles. The van der Waals surface area contributed by atoms with Crippen LogP contribution in [-0.2, 0) is 0 Å². The van der Waals surface area contributed by atoms with Crippen LogP contribution in [0.3, 0.4) is 0 Å². The molecule has 0 atom stereocenters. The molecule has 1 aromatic heterocycles. The summed E-state index contributed by atoms with van der Waals surface area (Å²) in [6, 6.07) is 24.3. The van der Waals surface area contributed by atoms with Crippen LogP contribution < -0.4 is 5.43 Å². The quantitative estimate of drug-likeness (QED) is 0.504. The summed E-state index contributed by atoms with van der Waals surface area (Å²) in [7, 11) is 0. The van der Waals surface area contributed by atoms with E-state index in [0.29, 0.717) is 10.5 Å². The van der Waals surface area contributed by atoms with E-state index in [9.17, 15) is 4.79 Å². The number of halogens is 1. The molecule has 0 bridgehead atoms. The van der Waals surface area contributed by atoms with Crippen LogP contribution in [0.2, 0.25) is 5.02 Å². The van der Waals surface area contributed by atoms with Crippen molar-refractivity contribution in [3.63, 3.8) is 0 Å². The maximum atomic E-state index is 12.6. The van der Waals surface area contributed by atoms with Crippen LogP contribution in [0.5, 0.6) is 0 Å². The third-order valence-corrected chi connectivity index (χ3v) is 4.36. The zero-order valence-electron chi connectivity index (χ0n) is 13.8. The lowest BCUT2D eigenvalue weighted by Crippen LogP contribution is -2.04. The van der Waals surface area contributed by atoms with Gasteiger partial charge in [0.1, 0.15) is 5.52 Å². The van der Waals surface area contributed by atoms with Gasteiger partial charge in [0.2, 0.25) is 5.43 Å². The van der Waals surface area contributed by atoms with Crippen molar-refractivity contribution >= 4 is 34.7 Å². The molecule has 0 spiro atoms. The normalized spacial score (nSPS) is 11.3. The molecule has 3 aromatic carbocycles. The predicted octanol–water partition coefficient (Wildman–Crippen LogP) is 5.21. The Kier molecular flexibility index (Phi) is 4.38. The average molecular weight is 359 g/mol. The number of para-hydroxylation sites is 1. The number of fused-ring (bicyclic) bond motifs is 1. The second-order valence-electron chi connectivity index (χ2n) is 5.86. The van der Waals surface area contributed by atoms with E-state index < -0.39 is 0 Å². The highest BCUT2D eigenvalue weighted by Crippen LogP contribution is 2.21. The minimum atomic E-state index is -0.0625. The van der Waals surface area contributed by atoms with Gasteiger partial charge < -0.3 is 0 Å². The molecule has 0 fully saturated rings. The number of aromatic nitrogens is 2. The predicted molar refractivity (Wildman–Crippen MR) is 108 cm³/mol. The van der Waals surface area contributed by atoms with Gasteiger partial charge in [-0.3, -0.25) is 4.79 Å². The van der Waals surface area contributed by atoms with E-state index >= 15 is 0 Å². The third-order valence-electron chi connectivity index (χ3n) is 4.11. The van der Waals surface area contributed by atoms with E-state index in [0.717, 1.165) is 22.3 Å². The second kappa shape index (κ2) is 6.98. The van der Waals surface area contributed by atoms with E-state index in [2.05, 4.69) is 5.10 Å². The summed E-state index contributed by atoms with van der Waals surface area (Å²) in [4.78, 5) is 12.6. The van der Waals surface area contributed by atoms with Gasteiger partial charge in [-0.2, -0.15) is 5.10 Å². The topological polar surface area (TPSA) is 34.9 Å². The van der Waals surface area contributed by atoms with Crippen molar-refractivity contribution in [3.05, 3.63) is 105 Å². The standard InChI is InChI=1S/C22H15ClN2O/c23-17-13-10-16(11-14-17)12-15-20-19-8-4-5-9-21(26)22(19)25(24-20)18-6-2-1-3-7-18/h1-15H/b15-12+. The van der Waals surface area contributed by atoms with Crippen LogP contribution in [0.25, 0.3) is 28.7 Å². The van der Waals surface area contributed by atoms with E-state index in [-0.39, 0.29) is 5.43 Å². The highest BCUT2D eigenvalue weighted by molar-refractivity contribution is 6.30. The Morgan fingerprint density at radius 2 is 1.50 bits per heavy atom. The van der Waals surface area contributed by atoms with E-state index in [1.165, 1.54) is 0 Å². The first-order valence-corrected chi connectivity index (χ1v) is 8.61. The molecule has 26 heavy (non-hydrogen) atoms. The number of rotatable bonds is 3. The Morgan fingerprint density at radius 3 is 2.27 bits per heavy atom. The van der Waals surface area contributed by atoms with E-state index in [1.54, 1.807) is 16.8 Å². The minimum Gasteiger partial charge on any atom is -0.288 e. The fraction of sp³-hybridized carbons (Fsp3) is 0. The van der Waals surface area contributed by atoms with Gasteiger partial charge in [0.25, 0.3) is 0 Å². The van der Waals surface area contributed by atoms with Gasteiger partial charge >= 0.3 is 0 Å². The van der Waals surface area contributed by atoms with Gasteiger partial charge in [0.05, 0.1) is 11.4 Å². The molecular weight excluding hydrogens is 344 g/mol. The van der Waals surface area contributed by atoms with Crippen molar-refractivity contribution in [2.24, 2.45) is 0 Å². The van der Waals surface area contributed by atoms with Gasteiger partial charge in [-0.15, -0.1) is 0 Å². The van der Waals surface area contributed by atoms with Crippen molar-refractivity contribution in [1.82, 2.24) is 9.78 Å². The van der Waals surface area contributed by atoms with Crippen LogP contribution in [0.15, 0.2) is 83.7 Å². The monoisotopic (exact) mass is 358 g/mol. The molecule has 0 saturated heterocycles. The summed E-state index contributed by atoms with van der Waals surface area (Å²) >= 11 is 5.94. The molecule has 0 aliphatic heterocycles. The van der Waals surface area contributed by atoms with Crippen molar-refractivity contribution in [3.8, 4) is 5.69 Å². The van der Waals surface area contributed by atoms with Crippen LogP contribution in [0, 0.1) is 0 Å². The largest absolute Gasteiger partial charge is 0.288 e. The first kappa shape index (κ1) is 16.3. The Balaban J connectivity index is 1.91. The second-order valence-corrected chi connectivity index (χ2v) is 6.30. The molecule has 4 rings (SSSR count). The molecule has 4 aromatic rings. The molecule has 0 aliphatic carbocycles. The molecule has 0 radical (unpaired) electrons. The Labute approximate surface area is 155 Å². The van der Waals surface area contributed by atoms with Crippen molar-refractivity contribution < 1.29 is 0 Å². The minimum absolute atomic E-state index is 0.0625. The van der Waals surface area contributed by atoms with Crippen molar-refractivity contribution in [1.29, 1.82) is 0 Å². The number of nitrogens with zero attached hydrogens (tertiary/aromatic N) is 2. The molecule has 4 heteroatoms. The maximum absolute atomic E-state index is 12.6. The fourth-order valence-electron chi connectivity index (χ4n) is 2.85. The highest BCUT2D eigenvalue weighted by atomic mass is 35.5. The summed E-state index contributed by atoms with van der Waals surface area (Å²) in [6.45, 7) is 0. The van der Waals surface area contributed by atoms with Gasteiger partial charge in [-0.1, -0.05) is 66.2 Å². The lowest BCUT2D eigenvalue weighted by Gasteiger charge is -2.00. The summed E-state index contributed by atoms with van der Waals surface area (Å²) in [6.07, 6.45) is 3.88. The Hall–Kier alpha value is -3.17. The molecular formula is C22H15ClN2O. The molecule has 0 aliphatic rings. The first-order chi connectivity index (χ1) is 12.7. The van der Waals surface area contributed by atoms with Crippen LogP contribution in [0.4, 0.5) is 0 Å². The molecule has 0 unspecified atom stereocenters. The smallest absolute Gasteiger partial charge is 0.204 e. The van der Waals surface area contributed by atoms with Crippen molar-refractivity contribution in [2.75, 3.05) is 0 Å². The lowest BCUT2D eigenvalue weighted by molar-refractivity contribution is 0.902. The third kappa shape index (κ3) is 3.17. The van der Waals surface area contributed by atoms with Gasteiger partial charge in [0, 0.05) is 10.4 Å². The van der Waals surface area contributed by atoms with Gasteiger partial charge in [-0.05, 0) is 42.0 Å². The number of hydrogen-bond donors (Lipinski definition) is 0. The van der Waals surface area contributed by atoms with Crippen LogP contribution >= 0.6 is 11.6 Å². The summed E-state index contributed by atoms with van der Waals surface area (Å²) in [5.74, 6) is 0. The molecule has 3 nitrogen and oxygen atoms in total. The SMILES string of the molecule is O=c1ccccc2c(/C=C/c3ccc(Cl)cc3)nn(-c3ccccc3)c12. The highest BCUT2D eigenvalue weighted by Gasteiger charge is 2.11. The molecule has 0 amide bonds.